The summed E-state index contributed by atoms with van der Waals surface area (Å²) in [7, 11) is 0. The summed E-state index contributed by atoms with van der Waals surface area (Å²) in [4.78, 5) is 26.5. The Morgan fingerprint density at radius 3 is 2.10 bits per heavy atom. The fourth-order valence-corrected chi connectivity index (χ4v) is 4.67. The van der Waals surface area contributed by atoms with Crippen LogP contribution in [0.1, 0.15) is 59.8 Å². The largest absolute Gasteiger partial charge is 0.444 e. The van der Waals surface area contributed by atoms with E-state index in [1.54, 1.807) is 6.92 Å². The number of nitrogens with zero attached hydrogens (tertiary/aromatic N) is 1. The predicted molar refractivity (Wildman–Crippen MR) is 75.3 cm³/mol. The van der Waals surface area contributed by atoms with Gasteiger partial charge in [-0.3, -0.25) is 4.79 Å². The summed E-state index contributed by atoms with van der Waals surface area (Å²) in [6.45, 7) is 7.43. The van der Waals surface area contributed by atoms with E-state index in [-0.39, 0.29) is 23.6 Å². The van der Waals surface area contributed by atoms with Crippen LogP contribution in [-0.4, -0.2) is 34.5 Å². The van der Waals surface area contributed by atoms with Gasteiger partial charge in [-0.2, -0.15) is 0 Å². The average Bonchev–Trinajstić information content (AvgIpc) is 2.24. The van der Waals surface area contributed by atoms with Gasteiger partial charge in [-0.1, -0.05) is 0 Å². The minimum atomic E-state index is -0.454. The molecular formula is C16H25NO3. The topological polar surface area (TPSA) is 46.6 Å². The van der Waals surface area contributed by atoms with Crippen molar-refractivity contribution in [2.24, 2.45) is 11.3 Å². The summed E-state index contributed by atoms with van der Waals surface area (Å²) in [5.41, 5.74) is -0.598. The average molecular weight is 279 g/mol. The first-order valence-electron chi connectivity index (χ1n) is 7.72. The molecular weight excluding hydrogens is 254 g/mol. The molecule has 4 bridgehead atoms. The molecule has 2 saturated heterocycles. The fraction of sp³-hybridized carbons (Fsp3) is 0.875. The maximum Gasteiger partial charge on any atom is 0.410 e. The van der Waals surface area contributed by atoms with E-state index in [1.807, 2.05) is 25.7 Å². The van der Waals surface area contributed by atoms with Gasteiger partial charge in [0.15, 0.2) is 0 Å². The Kier molecular flexibility index (Phi) is 2.93. The highest BCUT2D eigenvalue weighted by Crippen LogP contribution is 2.56. The van der Waals surface area contributed by atoms with Crippen molar-refractivity contribution in [3.05, 3.63) is 0 Å². The Bertz CT molecular complexity index is 435. The van der Waals surface area contributed by atoms with Crippen LogP contribution in [0.25, 0.3) is 0 Å². The molecule has 0 aromatic heterocycles. The summed E-state index contributed by atoms with van der Waals surface area (Å²) in [6, 6.07) is 0.417. The van der Waals surface area contributed by atoms with Crippen molar-refractivity contribution in [3.63, 3.8) is 0 Å². The van der Waals surface area contributed by atoms with Crippen LogP contribution in [0.3, 0.4) is 0 Å². The molecule has 2 heterocycles. The SMILES string of the molecule is CC(=O)C12CC3CC(C1)N(C(=O)OC(C)(C)C)C(C3)C2. The Morgan fingerprint density at radius 1 is 1.10 bits per heavy atom. The number of hydrogen-bond donors (Lipinski definition) is 0. The number of ketones is 1. The third-order valence-corrected chi connectivity index (χ3v) is 5.28. The molecule has 2 atom stereocenters. The van der Waals surface area contributed by atoms with E-state index < -0.39 is 5.60 Å². The standard InChI is InChI=1S/C16H25NO3/c1-10(18)16-7-11-5-12(8-16)17(13(6-11)9-16)14(19)20-15(2,3)4/h11-13H,5-9H2,1-4H3. The van der Waals surface area contributed by atoms with Crippen LogP contribution in [0.2, 0.25) is 0 Å². The maximum atomic E-state index is 12.4. The maximum absolute atomic E-state index is 12.4. The van der Waals surface area contributed by atoms with Crippen molar-refractivity contribution >= 4 is 11.9 Å². The van der Waals surface area contributed by atoms with Crippen LogP contribution < -0.4 is 0 Å². The highest BCUT2D eigenvalue weighted by molar-refractivity contribution is 5.83. The molecule has 20 heavy (non-hydrogen) atoms. The lowest BCUT2D eigenvalue weighted by Gasteiger charge is -2.60. The summed E-state index contributed by atoms with van der Waals surface area (Å²) < 4.78 is 5.56. The van der Waals surface area contributed by atoms with Gasteiger partial charge >= 0.3 is 6.09 Å². The zero-order chi connectivity index (χ0) is 14.7. The fourth-order valence-electron chi connectivity index (χ4n) is 4.67. The molecule has 0 aromatic carbocycles. The molecule has 2 saturated carbocycles. The molecule has 4 aliphatic rings. The monoisotopic (exact) mass is 279 g/mol. The Hall–Kier alpha value is -1.06. The van der Waals surface area contributed by atoms with Gasteiger partial charge in [0.1, 0.15) is 11.4 Å². The number of amides is 1. The van der Waals surface area contributed by atoms with Crippen LogP contribution in [0.15, 0.2) is 0 Å². The van der Waals surface area contributed by atoms with Crippen molar-refractivity contribution in [3.8, 4) is 0 Å². The van der Waals surface area contributed by atoms with E-state index in [1.165, 1.54) is 0 Å². The molecule has 0 aromatic rings. The number of rotatable bonds is 1. The quantitative estimate of drug-likeness (QED) is 0.740. The number of carbonyl (C=O) groups excluding carboxylic acids is 2. The van der Waals surface area contributed by atoms with Gasteiger partial charge in [0.2, 0.25) is 0 Å². The molecule has 4 nitrogen and oxygen atoms in total. The van der Waals surface area contributed by atoms with Crippen molar-refractivity contribution in [2.75, 3.05) is 0 Å². The second-order valence-corrected chi connectivity index (χ2v) is 7.98. The number of hydrogen-bond acceptors (Lipinski definition) is 3. The molecule has 4 rings (SSSR count). The molecule has 2 aliphatic heterocycles. The van der Waals surface area contributed by atoms with Crippen LogP contribution in [0, 0.1) is 11.3 Å². The van der Waals surface area contributed by atoms with Crippen molar-refractivity contribution < 1.29 is 14.3 Å². The lowest BCUT2D eigenvalue weighted by molar-refractivity contribution is -0.149. The number of carbonyl (C=O) groups is 2. The minimum absolute atomic E-state index is 0.144. The molecule has 2 aliphatic carbocycles. The highest BCUT2D eigenvalue weighted by Gasteiger charge is 2.58. The highest BCUT2D eigenvalue weighted by atomic mass is 16.6. The summed E-state index contributed by atoms with van der Waals surface area (Å²) in [6.07, 6.45) is 4.63. The Labute approximate surface area is 120 Å². The van der Waals surface area contributed by atoms with Gasteiger partial charge in [-0.25, -0.2) is 4.79 Å². The first-order chi connectivity index (χ1) is 9.20. The van der Waals surface area contributed by atoms with Gasteiger partial charge in [0, 0.05) is 17.5 Å². The summed E-state index contributed by atoms with van der Waals surface area (Å²) >= 11 is 0. The van der Waals surface area contributed by atoms with Gasteiger partial charge in [-0.05, 0) is 65.7 Å². The van der Waals surface area contributed by atoms with Gasteiger partial charge in [0.05, 0.1) is 0 Å². The van der Waals surface area contributed by atoms with E-state index in [9.17, 15) is 9.59 Å². The normalized spacial score (nSPS) is 39.0. The lowest BCUT2D eigenvalue weighted by Crippen LogP contribution is -2.65. The molecule has 0 spiro atoms. The summed E-state index contributed by atoms with van der Waals surface area (Å²) in [5, 5.41) is 0. The van der Waals surface area contributed by atoms with Crippen molar-refractivity contribution in [1.29, 1.82) is 0 Å². The molecule has 0 N–H and O–H groups in total. The third-order valence-electron chi connectivity index (χ3n) is 5.28. The predicted octanol–water partition coefficient (Wildman–Crippen LogP) is 3.14. The van der Waals surface area contributed by atoms with Crippen LogP contribution >= 0.6 is 0 Å². The lowest BCUT2D eigenvalue weighted by atomic mass is 9.54. The van der Waals surface area contributed by atoms with Crippen LogP contribution in [0.5, 0.6) is 0 Å². The number of Topliss-reactive ketones (excluding diaryl/α,β-unsaturated/α-hetero) is 1. The number of ether oxygens (including phenoxy) is 1. The molecule has 4 fully saturated rings. The van der Waals surface area contributed by atoms with Crippen molar-refractivity contribution in [1.82, 2.24) is 4.90 Å². The van der Waals surface area contributed by atoms with Crippen LogP contribution in [-0.2, 0) is 9.53 Å². The zero-order valence-corrected chi connectivity index (χ0v) is 12.9. The van der Waals surface area contributed by atoms with E-state index in [0.717, 1.165) is 32.1 Å². The van der Waals surface area contributed by atoms with Gasteiger partial charge in [-0.15, -0.1) is 0 Å². The molecule has 112 valence electrons. The first kappa shape index (κ1) is 13.9. The van der Waals surface area contributed by atoms with Crippen LogP contribution in [0.4, 0.5) is 4.79 Å². The van der Waals surface area contributed by atoms with E-state index in [0.29, 0.717) is 11.7 Å². The van der Waals surface area contributed by atoms with E-state index in [4.69, 9.17) is 4.74 Å². The zero-order valence-electron chi connectivity index (χ0n) is 12.9. The Balaban J connectivity index is 1.81. The second kappa shape index (κ2) is 4.22. The van der Waals surface area contributed by atoms with Gasteiger partial charge < -0.3 is 9.64 Å². The minimum Gasteiger partial charge on any atom is -0.444 e. The molecule has 4 heteroatoms. The van der Waals surface area contributed by atoms with E-state index in [2.05, 4.69) is 0 Å². The third kappa shape index (κ3) is 2.13. The Morgan fingerprint density at radius 2 is 1.65 bits per heavy atom. The summed E-state index contributed by atoms with van der Waals surface area (Å²) in [5.74, 6) is 0.941. The first-order valence-corrected chi connectivity index (χ1v) is 7.72. The van der Waals surface area contributed by atoms with Gasteiger partial charge in [0.25, 0.3) is 0 Å². The van der Waals surface area contributed by atoms with Crippen molar-refractivity contribution in [2.45, 2.75) is 77.5 Å². The molecule has 1 amide bonds. The molecule has 2 unspecified atom stereocenters. The smallest absolute Gasteiger partial charge is 0.410 e. The molecule has 0 radical (unpaired) electrons. The number of piperidine rings is 2. The van der Waals surface area contributed by atoms with E-state index >= 15 is 0 Å². The second-order valence-electron chi connectivity index (χ2n) is 7.98.